The Kier molecular flexibility index (Phi) is 3.89. The van der Waals surface area contributed by atoms with Crippen LogP contribution in [0.1, 0.15) is 5.56 Å². The summed E-state index contributed by atoms with van der Waals surface area (Å²) in [6, 6.07) is 18.0. The van der Waals surface area contributed by atoms with Gasteiger partial charge < -0.3 is 9.72 Å². The zero-order valence-corrected chi connectivity index (χ0v) is 13.5. The summed E-state index contributed by atoms with van der Waals surface area (Å²) in [5, 5.41) is 1.26. The van der Waals surface area contributed by atoms with Crippen LogP contribution in [0.3, 0.4) is 0 Å². The van der Waals surface area contributed by atoms with Gasteiger partial charge in [-0.1, -0.05) is 54.1 Å². The molecule has 4 rings (SSSR count). The van der Waals surface area contributed by atoms with Crippen molar-refractivity contribution in [2.24, 2.45) is 0 Å². The normalized spacial score (nSPS) is 10.9. The standard InChI is InChI=1S/C19H14ClN3O/c20-18-17-16(10-21-19(17)23-12-22-18)14-7-4-8-15(9-14)24-11-13-5-2-1-3-6-13/h1-10,12H,11H2,(H,21,22,23). The minimum Gasteiger partial charge on any atom is -0.489 e. The van der Waals surface area contributed by atoms with Crippen molar-refractivity contribution in [1.82, 2.24) is 15.0 Å². The Morgan fingerprint density at radius 3 is 2.75 bits per heavy atom. The van der Waals surface area contributed by atoms with E-state index in [1.54, 1.807) is 0 Å². The number of aromatic amines is 1. The first kappa shape index (κ1) is 14.7. The second kappa shape index (κ2) is 6.34. The number of rotatable bonds is 4. The molecule has 5 heteroatoms. The molecule has 0 fully saturated rings. The first-order chi connectivity index (χ1) is 11.8. The Bertz CT molecular complexity index is 982. The summed E-state index contributed by atoms with van der Waals surface area (Å²) < 4.78 is 5.90. The molecule has 0 radical (unpaired) electrons. The molecule has 24 heavy (non-hydrogen) atoms. The van der Waals surface area contributed by atoms with E-state index in [1.165, 1.54) is 6.33 Å². The van der Waals surface area contributed by atoms with Crippen LogP contribution in [0, 0.1) is 0 Å². The number of hydrogen-bond acceptors (Lipinski definition) is 3. The molecule has 0 aliphatic rings. The fraction of sp³-hybridized carbons (Fsp3) is 0.0526. The van der Waals surface area contributed by atoms with Gasteiger partial charge in [-0.05, 0) is 23.3 Å². The smallest absolute Gasteiger partial charge is 0.142 e. The van der Waals surface area contributed by atoms with E-state index < -0.39 is 0 Å². The highest BCUT2D eigenvalue weighted by atomic mass is 35.5. The maximum Gasteiger partial charge on any atom is 0.142 e. The van der Waals surface area contributed by atoms with Crippen molar-refractivity contribution < 1.29 is 4.74 Å². The number of ether oxygens (including phenoxy) is 1. The number of fused-ring (bicyclic) bond motifs is 1. The number of halogens is 1. The van der Waals surface area contributed by atoms with Gasteiger partial charge in [0.2, 0.25) is 0 Å². The molecule has 4 nitrogen and oxygen atoms in total. The molecule has 0 unspecified atom stereocenters. The maximum atomic E-state index is 6.23. The van der Waals surface area contributed by atoms with Gasteiger partial charge in [-0.2, -0.15) is 0 Å². The Balaban J connectivity index is 1.64. The van der Waals surface area contributed by atoms with Crippen LogP contribution >= 0.6 is 11.6 Å². The average Bonchev–Trinajstić information content (AvgIpc) is 3.07. The lowest BCUT2D eigenvalue weighted by atomic mass is 10.1. The molecular formula is C19H14ClN3O. The molecule has 0 spiro atoms. The average molecular weight is 336 g/mol. The third-order valence-corrected chi connectivity index (χ3v) is 4.10. The summed E-state index contributed by atoms with van der Waals surface area (Å²) in [6.07, 6.45) is 3.34. The Hall–Kier alpha value is -2.85. The predicted molar refractivity (Wildman–Crippen MR) is 95.1 cm³/mol. The molecule has 0 amide bonds. The molecular weight excluding hydrogens is 322 g/mol. The highest BCUT2D eigenvalue weighted by Gasteiger charge is 2.11. The molecule has 0 atom stereocenters. The van der Waals surface area contributed by atoms with Crippen molar-refractivity contribution in [2.45, 2.75) is 6.61 Å². The van der Waals surface area contributed by atoms with Gasteiger partial charge in [0, 0.05) is 11.8 Å². The Morgan fingerprint density at radius 1 is 1.00 bits per heavy atom. The zero-order chi connectivity index (χ0) is 16.4. The van der Waals surface area contributed by atoms with Crippen molar-refractivity contribution in [1.29, 1.82) is 0 Å². The first-order valence-corrected chi connectivity index (χ1v) is 7.94. The topological polar surface area (TPSA) is 50.8 Å². The summed E-state index contributed by atoms with van der Waals surface area (Å²) in [6.45, 7) is 0.530. The van der Waals surface area contributed by atoms with E-state index in [2.05, 4.69) is 15.0 Å². The van der Waals surface area contributed by atoms with E-state index in [4.69, 9.17) is 16.3 Å². The predicted octanol–water partition coefficient (Wildman–Crippen LogP) is 4.86. The van der Waals surface area contributed by atoms with Crippen LogP contribution in [0.2, 0.25) is 5.15 Å². The molecule has 0 aliphatic carbocycles. The number of nitrogens with zero attached hydrogens (tertiary/aromatic N) is 2. The summed E-state index contributed by atoms with van der Waals surface area (Å²) in [7, 11) is 0. The van der Waals surface area contributed by atoms with Gasteiger partial charge in [0.15, 0.2) is 0 Å². The van der Waals surface area contributed by atoms with E-state index in [1.807, 2.05) is 60.8 Å². The maximum absolute atomic E-state index is 6.23. The van der Waals surface area contributed by atoms with E-state index in [0.717, 1.165) is 33.5 Å². The molecule has 2 heterocycles. The Labute approximate surface area is 144 Å². The summed E-state index contributed by atoms with van der Waals surface area (Å²) in [5.41, 5.74) is 3.82. The van der Waals surface area contributed by atoms with Gasteiger partial charge in [-0.3, -0.25) is 0 Å². The van der Waals surface area contributed by atoms with Crippen LogP contribution in [0.4, 0.5) is 0 Å². The van der Waals surface area contributed by atoms with Gasteiger partial charge in [0.25, 0.3) is 0 Å². The molecule has 0 bridgehead atoms. The van der Waals surface area contributed by atoms with Gasteiger partial charge in [0.05, 0.1) is 5.39 Å². The second-order valence-electron chi connectivity index (χ2n) is 5.39. The third-order valence-electron chi connectivity index (χ3n) is 3.82. The highest BCUT2D eigenvalue weighted by molar-refractivity contribution is 6.35. The molecule has 1 N–H and O–H groups in total. The second-order valence-corrected chi connectivity index (χ2v) is 5.75. The SMILES string of the molecule is Clc1ncnc2[nH]cc(-c3cccc(OCc4ccccc4)c3)c12. The number of hydrogen-bond donors (Lipinski definition) is 1. The van der Waals surface area contributed by atoms with Crippen molar-refractivity contribution in [3.63, 3.8) is 0 Å². The lowest BCUT2D eigenvalue weighted by molar-refractivity contribution is 0.306. The van der Waals surface area contributed by atoms with Crippen molar-refractivity contribution in [3.8, 4) is 16.9 Å². The Morgan fingerprint density at radius 2 is 1.88 bits per heavy atom. The lowest BCUT2D eigenvalue weighted by Crippen LogP contribution is -1.95. The quantitative estimate of drug-likeness (QED) is 0.542. The molecule has 0 saturated carbocycles. The van der Waals surface area contributed by atoms with E-state index in [0.29, 0.717) is 11.8 Å². The fourth-order valence-corrected chi connectivity index (χ4v) is 2.88. The lowest BCUT2D eigenvalue weighted by Gasteiger charge is -2.08. The molecule has 2 aromatic heterocycles. The molecule has 0 saturated heterocycles. The minimum atomic E-state index is 0.437. The van der Waals surface area contributed by atoms with Gasteiger partial charge in [0.1, 0.15) is 29.5 Å². The fourth-order valence-electron chi connectivity index (χ4n) is 2.65. The van der Waals surface area contributed by atoms with Crippen LogP contribution < -0.4 is 4.74 Å². The van der Waals surface area contributed by atoms with Crippen molar-refractivity contribution in [2.75, 3.05) is 0 Å². The monoisotopic (exact) mass is 335 g/mol. The van der Waals surface area contributed by atoms with Gasteiger partial charge in [-0.25, -0.2) is 9.97 Å². The number of H-pyrrole nitrogens is 1. The summed E-state index contributed by atoms with van der Waals surface area (Å²) in [5.74, 6) is 0.804. The molecule has 2 aromatic carbocycles. The van der Waals surface area contributed by atoms with Crippen LogP contribution in [-0.4, -0.2) is 15.0 Å². The highest BCUT2D eigenvalue weighted by Crippen LogP contribution is 2.33. The largest absolute Gasteiger partial charge is 0.489 e. The third kappa shape index (κ3) is 2.84. The van der Waals surface area contributed by atoms with E-state index in [-0.39, 0.29) is 0 Å². The van der Waals surface area contributed by atoms with Crippen LogP contribution in [-0.2, 0) is 6.61 Å². The first-order valence-electron chi connectivity index (χ1n) is 7.56. The van der Waals surface area contributed by atoms with E-state index in [9.17, 15) is 0 Å². The number of benzene rings is 2. The van der Waals surface area contributed by atoms with Gasteiger partial charge in [-0.15, -0.1) is 0 Å². The van der Waals surface area contributed by atoms with Crippen LogP contribution in [0.15, 0.2) is 67.1 Å². The van der Waals surface area contributed by atoms with Gasteiger partial charge >= 0.3 is 0 Å². The zero-order valence-electron chi connectivity index (χ0n) is 12.7. The summed E-state index contributed by atoms with van der Waals surface area (Å²) >= 11 is 6.23. The number of nitrogens with one attached hydrogen (secondary N) is 1. The van der Waals surface area contributed by atoms with Crippen molar-refractivity contribution >= 4 is 22.6 Å². The molecule has 4 aromatic rings. The minimum absolute atomic E-state index is 0.437. The number of aromatic nitrogens is 3. The van der Waals surface area contributed by atoms with Crippen LogP contribution in [0.5, 0.6) is 5.75 Å². The van der Waals surface area contributed by atoms with E-state index >= 15 is 0 Å². The molecule has 118 valence electrons. The van der Waals surface area contributed by atoms with Crippen molar-refractivity contribution in [3.05, 3.63) is 77.8 Å². The van der Waals surface area contributed by atoms with Crippen LogP contribution in [0.25, 0.3) is 22.2 Å². The summed E-state index contributed by atoms with van der Waals surface area (Å²) in [4.78, 5) is 11.4. The molecule has 0 aliphatic heterocycles.